The van der Waals surface area contributed by atoms with E-state index >= 15 is 0 Å². The van der Waals surface area contributed by atoms with E-state index in [9.17, 15) is 0 Å². The maximum Gasteiger partial charge on any atom is 0.197 e. The zero-order chi connectivity index (χ0) is 9.10. The van der Waals surface area contributed by atoms with Crippen molar-refractivity contribution in [2.45, 2.75) is 12.8 Å². The predicted molar refractivity (Wildman–Crippen MR) is 53.7 cm³/mol. The number of hydrogen-bond acceptors (Lipinski definition) is 4. The molecule has 0 aromatic heterocycles. The summed E-state index contributed by atoms with van der Waals surface area (Å²) in [6, 6.07) is 0. The van der Waals surface area contributed by atoms with Crippen molar-refractivity contribution >= 4 is 5.96 Å². The summed E-state index contributed by atoms with van der Waals surface area (Å²) < 4.78 is 0. The highest BCUT2D eigenvalue weighted by molar-refractivity contribution is 5.81. The summed E-state index contributed by atoms with van der Waals surface area (Å²) in [6.45, 7) is 5.47. The molecule has 0 aromatic carbocycles. The largest absolute Gasteiger partial charge is 0.343 e. The molecule has 13 heavy (non-hydrogen) atoms. The molecule has 0 bridgehead atoms. The number of rotatable bonds is 2. The van der Waals surface area contributed by atoms with Gasteiger partial charge in [0.25, 0.3) is 0 Å². The highest BCUT2D eigenvalue weighted by atomic mass is 15.4. The van der Waals surface area contributed by atoms with Gasteiger partial charge in [-0.3, -0.25) is 4.99 Å². The van der Waals surface area contributed by atoms with Crippen LogP contribution in [0, 0.1) is 0 Å². The van der Waals surface area contributed by atoms with Crippen LogP contribution in [0.3, 0.4) is 0 Å². The number of aliphatic imine (C=N–C) groups is 1. The molecule has 0 atom stereocenters. The molecule has 0 unspecified atom stereocenters. The zero-order valence-corrected chi connectivity index (χ0v) is 8.29. The second-order valence-corrected chi connectivity index (χ2v) is 3.65. The summed E-state index contributed by atoms with van der Waals surface area (Å²) in [5.74, 6) is 1.21. The highest BCUT2D eigenvalue weighted by Crippen LogP contribution is 2.12. The average molecular weight is 182 g/mol. The Morgan fingerprint density at radius 1 is 1.31 bits per heavy atom. The molecule has 2 aliphatic heterocycles. The van der Waals surface area contributed by atoms with Crippen molar-refractivity contribution in [2.75, 3.05) is 39.9 Å². The Bertz CT molecular complexity index is 200. The van der Waals surface area contributed by atoms with Gasteiger partial charge in [-0.25, -0.2) is 0 Å². The van der Waals surface area contributed by atoms with Crippen LogP contribution in [-0.4, -0.2) is 55.7 Å². The number of guanidine groups is 1. The van der Waals surface area contributed by atoms with Crippen LogP contribution in [0.5, 0.6) is 0 Å². The highest BCUT2D eigenvalue weighted by Gasteiger charge is 2.24. The molecule has 74 valence electrons. The summed E-state index contributed by atoms with van der Waals surface area (Å²) in [4.78, 5) is 9.32. The molecule has 0 spiro atoms. The van der Waals surface area contributed by atoms with E-state index in [1.54, 1.807) is 0 Å². The van der Waals surface area contributed by atoms with E-state index in [0.29, 0.717) is 0 Å². The van der Waals surface area contributed by atoms with E-state index in [2.05, 4.69) is 20.1 Å². The number of nitrogens with one attached hydrogen (secondary N) is 1. The Kier molecular flexibility index (Phi) is 2.68. The summed E-state index contributed by atoms with van der Waals surface area (Å²) in [5.41, 5.74) is 0. The second kappa shape index (κ2) is 3.96. The van der Waals surface area contributed by atoms with Crippen molar-refractivity contribution in [3.63, 3.8) is 0 Å². The normalized spacial score (nSPS) is 22.7. The lowest BCUT2D eigenvalue weighted by Crippen LogP contribution is -2.54. The van der Waals surface area contributed by atoms with E-state index in [1.807, 2.05) is 7.05 Å². The lowest BCUT2D eigenvalue weighted by atomic mass is 10.2. The third-order valence-corrected chi connectivity index (χ3v) is 2.61. The molecule has 0 amide bonds. The van der Waals surface area contributed by atoms with Gasteiger partial charge in [0.2, 0.25) is 0 Å². The van der Waals surface area contributed by atoms with Gasteiger partial charge >= 0.3 is 0 Å². The van der Waals surface area contributed by atoms with Crippen LogP contribution in [0.4, 0.5) is 0 Å². The van der Waals surface area contributed by atoms with Gasteiger partial charge in [0, 0.05) is 26.2 Å². The molecule has 0 radical (unpaired) electrons. The molecule has 2 aliphatic rings. The first-order chi connectivity index (χ1) is 6.42. The minimum atomic E-state index is 0.926. The van der Waals surface area contributed by atoms with Crippen LogP contribution in [-0.2, 0) is 0 Å². The first-order valence-corrected chi connectivity index (χ1v) is 5.11. The summed E-state index contributed by atoms with van der Waals surface area (Å²) in [6.07, 6.45) is 2.48. The Labute approximate surface area is 79.6 Å². The van der Waals surface area contributed by atoms with Crippen molar-refractivity contribution in [1.82, 2.24) is 15.1 Å². The number of hydrogen-bond donors (Lipinski definition) is 1. The maximum absolute atomic E-state index is 4.58. The first-order valence-electron chi connectivity index (χ1n) is 5.11. The zero-order valence-electron chi connectivity index (χ0n) is 8.29. The van der Waals surface area contributed by atoms with Crippen LogP contribution in [0.1, 0.15) is 12.8 Å². The topological polar surface area (TPSA) is 30.9 Å². The third-order valence-electron chi connectivity index (χ3n) is 2.61. The van der Waals surface area contributed by atoms with Gasteiger partial charge in [-0.1, -0.05) is 0 Å². The molecule has 1 fully saturated rings. The van der Waals surface area contributed by atoms with Gasteiger partial charge in [0.1, 0.15) is 0 Å². The standard InChI is InChI=1S/C9H18N4/c1-10-8-13-7-3-6-12-5-2-4-11-9(12)13/h10H,2-8H2,1H3. The smallest absolute Gasteiger partial charge is 0.197 e. The fourth-order valence-corrected chi connectivity index (χ4v) is 2.05. The second-order valence-electron chi connectivity index (χ2n) is 3.65. The van der Waals surface area contributed by atoms with Gasteiger partial charge in [-0.15, -0.1) is 0 Å². The van der Waals surface area contributed by atoms with E-state index < -0.39 is 0 Å². The fourth-order valence-electron chi connectivity index (χ4n) is 2.05. The number of nitrogens with zero attached hydrogens (tertiary/aromatic N) is 3. The van der Waals surface area contributed by atoms with Crippen molar-refractivity contribution in [3.05, 3.63) is 0 Å². The molecule has 0 saturated carbocycles. The van der Waals surface area contributed by atoms with Crippen molar-refractivity contribution in [3.8, 4) is 0 Å². The summed E-state index contributed by atoms with van der Waals surface area (Å²) in [5, 5.41) is 3.19. The Morgan fingerprint density at radius 3 is 3.00 bits per heavy atom. The number of fused-ring (bicyclic) bond motifs is 1. The van der Waals surface area contributed by atoms with Gasteiger partial charge < -0.3 is 15.1 Å². The Hall–Kier alpha value is -0.770. The lowest BCUT2D eigenvalue weighted by molar-refractivity contribution is 0.237. The van der Waals surface area contributed by atoms with Crippen molar-refractivity contribution in [2.24, 2.45) is 4.99 Å². The van der Waals surface area contributed by atoms with E-state index in [1.165, 1.54) is 31.9 Å². The third kappa shape index (κ3) is 1.77. The maximum atomic E-state index is 4.58. The van der Waals surface area contributed by atoms with Gasteiger partial charge in [-0.2, -0.15) is 0 Å². The average Bonchev–Trinajstić information content (AvgIpc) is 2.19. The lowest BCUT2D eigenvalue weighted by Gasteiger charge is -2.40. The van der Waals surface area contributed by atoms with Crippen molar-refractivity contribution < 1.29 is 0 Å². The molecule has 4 heteroatoms. The van der Waals surface area contributed by atoms with Gasteiger partial charge in [-0.05, 0) is 19.9 Å². The quantitative estimate of drug-likeness (QED) is 0.648. The summed E-state index contributed by atoms with van der Waals surface area (Å²) in [7, 11) is 1.99. The van der Waals surface area contributed by atoms with Gasteiger partial charge in [0.05, 0.1) is 6.67 Å². The minimum absolute atomic E-state index is 0.926. The van der Waals surface area contributed by atoms with Crippen LogP contribution >= 0.6 is 0 Å². The first kappa shape index (κ1) is 8.81. The van der Waals surface area contributed by atoms with E-state index in [0.717, 1.165) is 19.8 Å². The van der Waals surface area contributed by atoms with Crippen LogP contribution in [0.25, 0.3) is 0 Å². The van der Waals surface area contributed by atoms with E-state index in [4.69, 9.17) is 0 Å². The molecular weight excluding hydrogens is 164 g/mol. The van der Waals surface area contributed by atoms with Crippen LogP contribution in [0.2, 0.25) is 0 Å². The van der Waals surface area contributed by atoms with Crippen LogP contribution in [0.15, 0.2) is 4.99 Å². The van der Waals surface area contributed by atoms with Crippen molar-refractivity contribution in [1.29, 1.82) is 0 Å². The fraction of sp³-hybridized carbons (Fsp3) is 0.889. The molecule has 0 aliphatic carbocycles. The van der Waals surface area contributed by atoms with Crippen LogP contribution < -0.4 is 5.32 Å². The summed E-state index contributed by atoms with van der Waals surface area (Å²) >= 11 is 0. The van der Waals surface area contributed by atoms with E-state index in [-0.39, 0.29) is 0 Å². The minimum Gasteiger partial charge on any atom is -0.343 e. The monoisotopic (exact) mass is 182 g/mol. The molecule has 2 heterocycles. The molecular formula is C9H18N4. The Balaban J connectivity index is 2.05. The molecule has 4 nitrogen and oxygen atoms in total. The molecule has 2 rings (SSSR count). The molecule has 0 aromatic rings. The molecule has 1 N–H and O–H groups in total. The van der Waals surface area contributed by atoms with Gasteiger partial charge in [0.15, 0.2) is 5.96 Å². The molecule has 1 saturated heterocycles. The Morgan fingerprint density at radius 2 is 2.15 bits per heavy atom. The SMILES string of the molecule is CNCN1CCCN2CCCN=C21. The predicted octanol–water partition coefficient (Wildman–Crippen LogP) is -0.0693.